The Morgan fingerprint density at radius 1 is 1.43 bits per heavy atom. The number of nitrogens with two attached hydrogens (primary N) is 1. The smallest absolute Gasteiger partial charge is 0.237 e. The van der Waals surface area contributed by atoms with Gasteiger partial charge in [-0.3, -0.25) is 9.59 Å². The van der Waals surface area contributed by atoms with Crippen LogP contribution in [0.4, 0.5) is 0 Å². The molecule has 0 fully saturated rings. The molecule has 0 saturated carbocycles. The molecule has 2 amide bonds. The van der Waals surface area contributed by atoms with Crippen molar-refractivity contribution in [2.24, 2.45) is 5.73 Å². The van der Waals surface area contributed by atoms with Crippen molar-refractivity contribution in [3.8, 4) is 0 Å². The van der Waals surface area contributed by atoms with Crippen LogP contribution in [0.5, 0.6) is 0 Å². The molecule has 0 rings (SSSR count). The molecule has 0 aliphatic carbocycles. The maximum absolute atomic E-state index is 11.7. The summed E-state index contributed by atoms with van der Waals surface area (Å²) in [6.07, 6.45) is 0.695. The lowest BCUT2D eigenvalue weighted by molar-refractivity contribution is -0.136. The average Bonchev–Trinajstić information content (AvgIpc) is 2.11. The minimum atomic E-state index is -0.483. The maximum Gasteiger partial charge on any atom is 0.237 e. The molecule has 2 N–H and O–H groups in total. The second-order valence-electron chi connectivity index (χ2n) is 3.40. The number of hydrogen-bond donors (Lipinski definition) is 1. The molecule has 0 radical (unpaired) electrons. The Morgan fingerprint density at radius 3 is 2.21 bits per heavy atom. The minimum Gasteiger partial charge on any atom is -0.368 e. The first-order valence-electron chi connectivity index (χ1n) is 4.63. The lowest BCUT2D eigenvalue weighted by atomic mass is 10.2. The molecule has 1 atom stereocenters. The van der Waals surface area contributed by atoms with E-state index in [1.807, 2.05) is 20.8 Å². The third-order valence-corrected chi connectivity index (χ3v) is 2.90. The number of hydrogen-bond acceptors (Lipinski definition) is 2. The standard InChI is InChI=1S/C9H17BrN2O2/c1-4-7(10)9(14)12(6(2)3)5-8(11)13/h6-7H,4-5H2,1-3H3,(H2,11,13). The maximum atomic E-state index is 11.7. The van der Waals surface area contributed by atoms with Crippen LogP contribution >= 0.6 is 15.9 Å². The van der Waals surface area contributed by atoms with Gasteiger partial charge in [0.2, 0.25) is 11.8 Å². The van der Waals surface area contributed by atoms with Gasteiger partial charge in [0, 0.05) is 6.04 Å². The zero-order valence-corrected chi connectivity index (χ0v) is 10.4. The zero-order chi connectivity index (χ0) is 11.3. The summed E-state index contributed by atoms with van der Waals surface area (Å²) in [7, 11) is 0. The lowest BCUT2D eigenvalue weighted by Gasteiger charge is -2.27. The van der Waals surface area contributed by atoms with Gasteiger partial charge in [-0.1, -0.05) is 22.9 Å². The van der Waals surface area contributed by atoms with E-state index >= 15 is 0 Å². The fourth-order valence-electron chi connectivity index (χ4n) is 1.04. The van der Waals surface area contributed by atoms with E-state index in [0.717, 1.165) is 0 Å². The summed E-state index contributed by atoms with van der Waals surface area (Å²) in [5.41, 5.74) is 5.06. The summed E-state index contributed by atoms with van der Waals surface area (Å²) in [5, 5.41) is 0. The van der Waals surface area contributed by atoms with Crippen molar-refractivity contribution in [3.05, 3.63) is 0 Å². The van der Waals surface area contributed by atoms with Gasteiger partial charge in [-0.15, -0.1) is 0 Å². The first-order chi connectivity index (χ1) is 6.40. The molecule has 0 aromatic carbocycles. The molecule has 4 nitrogen and oxygen atoms in total. The van der Waals surface area contributed by atoms with Gasteiger partial charge in [-0.2, -0.15) is 0 Å². The van der Waals surface area contributed by atoms with Crippen molar-refractivity contribution in [1.82, 2.24) is 4.90 Å². The summed E-state index contributed by atoms with van der Waals surface area (Å²) in [6, 6.07) is -0.0124. The molecule has 0 saturated heterocycles. The fourth-order valence-corrected chi connectivity index (χ4v) is 1.30. The zero-order valence-electron chi connectivity index (χ0n) is 8.79. The molecule has 0 heterocycles. The van der Waals surface area contributed by atoms with E-state index in [4.69, 9.17) is 5.73 Å². The molecular weight excluding hydrogens is 248 g/mol. The number of nitrogens with zero attached hydrogens (tertiary/aromatic N) is 1. The van der Waals surface area contributed by atoms with E-state index < -0.39 is 5.91 Å². The molecule has 0 spiro atoms. The molecular formula is C9H17BrN2O2. The Hall–Kier alpha value is -0.580. The number of carbonyl (C=O) groups is 2. The van der Waals surface area contributed by atoms with Crippen molar-refractivity contribution < 1.29 is 9.59 Å². The number of halogens is 1. The Kier molecular flexibility index (Phi) is 5.76. The predicted octanol–water partition coefficient (Wildman–Crippen LogP) is 0.882. The molecule has 0 aromatic rings. The topological polar surface area (TPSA) is 63.4 Å². The highest BCUT2D eigenvalue weighted by Gasteiger charge is 2.23. The van der Waals surface area contributed by atoms with Gasteiger partial charge in [0.15, 0.2) is 0 Å². The number of amides is 2. The Morgan fingerprint density at radius 2 is 1.93 bits per heavy atom. The van der Waals surface area contributed by atoms with E-state index in [2.05, 4.69) is 15.9 Å². The third-order valence-electron chi connectivity index (χ3n) is 1.86. The highest BCUT2D eigenvalue weighted by atomic mass is 79.9. The summed E-state index contributed by atoms with van der Waals surface area (Å²) in [6.45, 7) is 5.60. The van der Waals surface area contributed by atoms with Crippen LogP contribution in [0.1, 0.15) is 27.2 Å². The average molecular weight is 265 g/mol. The van der Waals surface area contributed by atoms with E-state index in [9.17, 15) is 9.59 Å². The monoisotopic (exact) mass is 264 g/mol. The quantitative estimate of drug-likeness (QED) is 0.750. The van der Waals surface area contributed by atoms with Crippen LogP contribution < -0.4 is 5.73 Å². The van der Waals surface area contributed by atoms with Crippen molar-refractivity contribution in [1.29, 1.82) is 0 Å². The summed E-state index contributed by atoms with van der Waals surface area (Å²) in [4.78, 5) is 23.7. The third kappa shape index (κ3) is 4.09. The van der Waals surface area contributed by atoms with E-state index in [1.54, 1.807) is 0 Å². The first-order valence-corrected chi connectivity index (χ1v) is 5.54. The van der Waals surface area contributed by atoms with Gasteiger partial charge in [0.05, 0.1) is 11.4 Å². The van der Waals surface area contributed by atoms with Crippen molar-refractivity contribution in [2.75, 3.05) is 6.54 Å². The highest BCUT2D eigenvalue weighted by Crippen LogP contribution is 2.11. The number of alkyl halides is 1. The van der Waals surface area contributed by atoms with Gasteiger partial charge in [-0.25, -0.2) is 0 Å². The van der Waals surface area contributed by atoms with Gasteiger partial charge in [0.1, 0.15) is 0 Å². The molecule has 82 valence electrons. The molecule has 0 aliphatic heterocycles. The van der Waals surface area contributed by atoms with Crippen molar-refractivity contribution in [3.63, 3.8) is 0 Å². The van der Waals surface area contributed by atoms with E-state index in [-0.39, 0.29) is 23.3 Å². The Balaban J connectivity index is 4.49. The highest BCUT2D eigenvalue weighted by molar-refractivity contribution is 9.10. The Labute approximate surface area is 92.9 Å². The molecule has 0 bridgehead atoms. The SMILES string of the molecule is CCC(Br)C(=O)N(CC(N)=O)C(C)C. The van der Waals surface area contributed by atoms with Crippen molar-refractivity contribution in [2.45, 2.75) is 38.1 Å². The van der Waals surface area contributed by atoms with Crippen molar-refractivity contribution >= 4 is 27.7 Å². The second kappa shape index (κ2) is 6.01. The largest absolute Gasteiger partial charge is 0.368 e. The summed E-state index contributed by atoms with van der Waals surface area (Å²) < 4.78 is 0. The van der Waals surface area contributed by atoms with Gasteiger partial charge in [-0.05, 0) is 20.3 Å². The number of rotatable bonds is 5. The van der Waals surface area contributed by atoms with Gasteiger partial charge < -0.3 is 10.6 Å². The van der Waals surface area contributed by atoms with Crippen LogP contribution in [-0.2, 0) is 9.59 Å². The van der Waals surface area contributed by atoms with Gasteiger partial charge >= 0.3 is 0 Å². The summed E-state index contributed by atoms with van der Waals surface area (Å²) >= 11 is 3.26. The minimum absolute atomic E-state index is 0.0124. The lowest BCUT2D eigenvalue weighted by Crippen LogP contribution is -2.45. The van der Waals surface area contributed by atoms with Crippen LogP contribution in [0.3, 0.4) is 0 Å². The van der Waals surface area contributed by atoms with Crippen LogP contribution in [-0.4, -0.2) is 34.1 Å². The van der Waals surface area contributed by atoms with Crippen LogP contribution in [0.2, 0.25) is 0 Å². The van der Waals surface area contributed by atoms with Crippen LogP contribution in [0, 0.1) is 0 Å². The first kappa shape index (κ1) is 13.4. The molecule has 5 heteroatoms. The van der Waals surface area contributed by atoms with Gasteiger partial charge in [0.25, 0.3) is 0 Å². The molecule has 1 unspecified atom stereocenters. The summed E-state index contributed by atoms with van der Waals surface area (Å²) in [5.74, 6) is -0.566. The van der Waals surface area contributed by atoms with E-state index in [1.165, 1.54) is 4.90 Å². The normalized spacial score (nSPS) is 12.6. The second-order valence-corrected chi connectivity index (χ2v) is 4.51. The molecule has 0 aromatic heterocycles. The molecule has 14 heavy (non-hydrogen) atoms. The van der Waals surface area contributed by atoms with E-state index in [0.29, 0.717) is 6.42 Å². The Bertz CT molecular complexity index is 219. The number of primary amides is 1. The predicted molar refractivity (Wildman–Crippen MR) is 59.0 cm³/mol. The van der Waals surface area contributed by atoms with Crippen LogP contribution in [0.15, 0.2) is 0 Å². The van der Waals surface area contributed by atoms with Crippen LogP contribution in [0.25, 0.3) is 0 Å². The number of carbonyl (C=O) groups excluding carboxylic acids is 2. The fraction of sp³-hybridized carbons (Fsp3) is 0.778. The molecule has 0 aliphatic rings.